The molecule has 40 heavy (non-hydrogen) atoms. The number of Topliss-reactive ketones (excluding diaryl/α,β-unsaturated/α-hetero) is 3. The minimum Gasteiger partial charge on any atom is -0.497 e. The summed E-state index contributed by atoms with van der Waals surface area (Å²) in [6.45, 7) is 5.64. The maximum atomic E-state index is 14.7. The van der Waals surface area contributed by atoms with Crippen molar-refractivity contribution in [3.8, 4) is 11.5 Å². The number of benzene rings is 3. The number of fused-ring (bicyclic) bond motifs is 5. The molecule has 0 bridgehead atoms. The van der Waals surface area contributed by atoms with E-state index in [4.69, 9.17) is 9.47 Å². The first-order valence-electron chi connectivity index (χ1n) is 13.3. The summed E-state index contributed by atoms with van der Waals surface area (Å²) < 4.78 is 12.3. The normalized spacial score (nSPS) is 22.2. The van der Waals surface area contributed by atoms with Crippen LogP contribution in [0.15, 0.2) is 71.2 Å². The van der Waals surface area contributed by atoms with Crippen LogP contribution in [-0.4, -0.2) is 43.7 Å². The molecule has 6 nitrogen and oxygen atoms in total. The van der Waals surface area contributed by atoms with Crippen molar-refractivity contribution in [2.24, 2.45) is 10.8 Å². The third kappa shape index (κ3) is 3.49. The Morgan fingerprint density at radius 2 is 1.60 bits per heavy atom. The van der Waals surface area contributed by atoms with Gasteiger partial charge in [-0.1, -0.05) is 73.1 Å². The molecule has 0 saturated carbocycles. The van der Waals surface area contributed by atoms with Crippen LogP contribution >= 0.6 is 15.9 Å². The number of methoxy groups -OCH3 is 2. The highest BCUT2D eigenvalue weighted by Gasteiger charge is 2.72. The molecule has 0 amide bonds. The number of ether oxygens (including phenoxy) is 2. The molecule has 0 N–H and O–H groups in total. The van der Waals surface area contributed by atoms with Gasteiger partial charge in [-0.15, -0.1) is 0 Å². The molecule has 3 aromatic carbocycles. The summed E-state index contributed by atoms with van der Waals surface area (Å²) in [6.07, 6.45) is 3.88. The van der Waals surface area contributed by atoms with Crippen LogP contribution in [0.4, 0.5) is 5.69 Å². The number of ketones is 3. The monoisotopic (exact) mass is 599 g/mol. The van der Waals surface area contributed by atoms with Gasteiger partial charge in [0.05, 0.1) is 26.3 Å². The molecule has 3 aromatic rings. The van der Waals surface area contributed by atoms with Crippen molar-refractivity contribution in [2.75, 3.05) is 19.1 Å². The highest BCUT2D eigenvalue weighted by Crippen LogP contribution is 2.62. The van der Waals surface area contributed by atoms with E-state index >= 15 is 0 Å². The summed E-state index contributed by atoms with van der Waals surface area (Å²) in [5.74, 6) is -0.410. The van der Waals surface area contributed by atoms with Crippen LogP contribution in [0.3, 0.4) is 0 Å². The SMILES string of the molecule is COc1ccc(OC)c([C@H]2[C@H](C(=O)C(C)(C)C)N3c4ccc(Br)cc4C=C[C@H]3C23C(=O)c2ccccc2C3=O)c1. The van der Waals surface area contributed by atoms with Crippen LogP contribution in [-0.2, 0) is 4.79 Å². The van der Waals surface area contributed by atoms with E-state index in [1.807, 2.05) is 62.1 Å². The summed E-state index contributed by atoms with van der Waals surface area (Å²) in [6, 6.07) is 16.7. The van der Waals surface area contributed by atoms with Crippen molar-refractivity contribution in [2.45, 2.75) is 38.8 Å². The Kier molecular flexibility index (Phi) is 6.07. The molecule has 7 heteroatoms. The number of anilines is 1. The van der Waals surface area contributed by atoms with Crippen molar-refractivity contribution in [1.29, 1.82) is 0 Å². The van der Waals surface area contributed by atoms with Crippen LogP contribution in [0.1, 0.15) is 58.5 Å². The van der Waals surface area contributed by atoms with Crippen molar-refractivity contribution in [1.82, 2.24) is 0 Å². The Morgan fingerprint density at radius 1 is 0.925 bits per heavy atom. The quantitative estimate of drug-likeness (QED) is 0.318. The fourth-order valence-corrected chi connectivity index (χ4v) is 7.20. The fourth-order valence-electron chi connectivity index (χ4n) is 6.82. The lowest BCUT2D eigenvalue weighted by molar-refractivity contribution is -0.127. The van der Waals surface area contributed by atoms with Gasteiger partial charge in [-0.2, -0.15) is 0 Å². The molecule has 1 spiro atoms. The Balaban J connectivity index is 1.74. The topological polar surface area (TPSA) is 72.9 Å². The van der Waals surface area contributed by atoms with Crippen molar-refractivity contribution in [3.05, 3.63) is 93.5 Å². The lowest BCUT2D eigenvalue weighted by Crippen LogP contribution is -2.49. The van der Waals surface area contributed by atoms with Gasteiger partial charge >= 0.3 is 0 Å². The average Bonchev–Trinajstić information content (AvgIpc) is 3.37. The first kappa shape index (κ1) is 26.5. The third-order valence-corrected chi connectivity index (χ3v) is 9.04. The summed E-state index contributed by atoms with van der Waals surface area (Å²) in [5.41, 5.74) is 0.728. The zero-order valence-corrected chi connectivity index (χ0v) is 24.6. The number of carbonyl (C=O) groups excluding carboxylic acids is 3. The highest BCUT2D eigenvalue weighted by atomic mass is 79.9. The summed E-state index contributed by atoms with van der Waals surface area (Å²) in [5, 5.41) is 0. The van der Waals surface area contributed by atoms with E-state index in [2.05, 4.69) is 15.9 Å². The molecule has 0 unspecified atom stereocenters. The number of nitrogens with zero attached hydrogens (tertiary/aromatic N) is 1. The maximum absolute atomic E-state index is 14.7. The second-order valence-corrected chi connectivity index (χ2v) is 12.5. The van der Waals surface area contributed by atoms with Gasteiger partial charge in [0.1, 0.15) is 16.9 Å². The number of rotatable bonds is 4. The van der Waals surface area contributed by atoms with Crippen LogP contribution in [0.25, 0.3) is 6.08 Å². The molecular weight excluding hydrogens is 570 g/mol. The number of carbonyl (C=O) groups is 3. The smallest absolute Gasteiger partial charge is 0.180 e. The Labute approximate surface area is 242 Å². The van der Waals surface area contributed by atoms with E-state index in [9.17, 15) is 14.4 Å². The minimum absolute atomic E-state index is 0.0648. The fraction of sp³-hybridized carbons (Fsp3) is 0.303. The molecule has 2 aliphatic heterocycles. The molecule has 2 heterocycles. The van der Waals surface area contributed by atoms with Crippen LogP contribution in [0.2, 0.25) is 0 Å². The van der Waals surface area contributed by atoms with Gasteiger partial charge in [0.2, 0.25) is 0 Å². The summed E-state index contributed by atoms with van der Waals surface area (Å²) in [4.78, 5) is 46.1. The van der Waals surface area contributed by atoms with E-state index in [-0.39, 0.29) is 17.3 Å². The predicted molar refractivity (Wildman–Crippen MR) is 158 cm³/mol. The first-order chi connectivity index (χ1) is 19.0. The van der Waals surface area contributed by atoms with E-state index in [0.29, 0.717) is 28.2 Å². The Morgan fingerprint density at radius 3 is 2.20 bits per heavy atom. The van der Waals surface area contributed by atoms with Crippen molar-refractivity contribution in [3.63, 3.8) is 0 Å². The van der Waals surface area contributed by atoms with Gasteiger partial charge in [0.25, 0.3) is 0 Å². The van der Waals surface area contributed by atoms with Gasteiger partial charge in [0.15, 0.2) is 17.3 Å². The van der Waals surface area contributed by atoms with E-state index < -0.39 is 28.8 Å². The second kappa shape index (κ2) is 9.16. The third-order valence-electron chi connectivity index (χ3n) is 8.55. The lowest BCUT2D eigenvalue weighted by Gasteiger charge is -2.38. The minimum atomic E-state index is -1.59. The zero-order chi connectivity index (χ0) is 28.6. The van der Waals surface area contributed by atoms with Crippen LogP contribution < -0.4 is 14.4 Å². The van der Waals surface area contributed by atoms with E-state index in [0.717, 1.165) is 15.7 Å². The zero-order valence-electron chi connectivity index (χ0n) is 23.0. The molecule has 3 aliphatic rings. The molecule has 0 radical (unpaired) electrons. The van der Waals surface area contributed by atoms with Gasteiger partial charge < -0.3 is 14.4 Å². The highest BCUT2D eigenvalue weighted by molar-refractivity contribution is 9.10. The average molecular weight is 601 g/mol. The van der Waals surface area contributed by atoms with E-state index in [1.165, 1.54) is 0 Å². The molecular formula is C33H30BrNO5. The second-order valence-electron chi connectivity index (χ2n) is 11.6. The number of halogens is 1. The molecule has 1 aliphatic carbocycles. The van der Waals surface area contributed by atoms with Gasteiger partial charge in [0, 0.05) is 38.2 Å². The predicted octanol–water partition coefficient (Wildman–Crippen LogP) is 6.51. The standard InChI is InChI=1S/C33H30BrNO5/c1-32(2,3)31(38)28-27(23-17-20(39-4)12-14-25(23)40-5)33(29(36)21-8-6-7-9-22(21)30(33)37)26-15-10-18-16-19(34)11-13-24(18)35(26)28/h6-17,26-28H,1-5H3/t26-,27-,28+/m0/s1. The molecule has 3 atom stereocenters. The maximum Gasteiger partial charge on any atom is 0.180 e. The summed E-state index contributed by atoms with van der Waals surface area (Å²) >= 11 is 3.56. The van der Waals surface area contributed by atoms with Gasteiger partial charge in [-0.25, -0.2) is 0 Å². The van der Waals surface area contributed by atoms with Crippen LogP contribution in [0, 0.1) is 10.8 Å². The number of hydrogen-bond acceptors (Lipinski definition) is 6. The lowest BCUT2D eigenvalue weighted by atomic mass is 9.63. The first-order valence-corrected chi connectivity index (χ1v) is 14.1. The molecule has 0 aromatic heterocycles. The van der Waals surface area contributed by atoms with Crippen molar-refractivity contribution >= 4 is 45.0 Å². The van der Waals surface area contributed by atoms with E-state index in [1.54, 1.807) is 50.6 Å². The molecule has 1 saturated heterocycles. The largest absolute Gasteiger partial charge is 0.497 e. The summed E-state index contributed by atoms with van der Waals surface area (Å²) in [7, 11) is 3.12. The van der Waals surface area contributed by atoms with Gasteiger partial charge in [-0.05, 0) is 42.0 Å². The van der Waals surface area contributed by atoms with Crippen molar-refractivity contribution < 1.29 is 23.9 Å². The Hall–Kier alpha value is -3.71. The molecule has 204 valence electrons. The number of hydrogen-bond donors (Lipinski definition) is 0. The molecule has 6 rings (SSSR count). The van der Waals surface area contributed by atoms with Gasteiger partial charge in [-0.3, -0.25) is 14.4 Å². The Bertz CT molecular complexity index is 1580. The molecule has 1 fully saturated rings. The van der Waals surface area contributed by atoms with Crippen LogP contribution in [0.5, 0.6) is 11.5 Å².